The van der Waals surface area contributed by atoms with Gasteiger partial charge in [-0.05, 0) is 25.0 Å². The van der Waals surface area contributed by atoms with E-state index in [0.717, 1.165) is 4.90 Å². The summed E-state index contributed by atoms with van der Waals surface area (Å²) in [4.78, 5) is 35.5. The zero-order valence-electron chi connectivity index (χ0n) is 11.1. The molecule has 6 nitrogen and oxygen atoms in total. The fourth-order valence-electron chi connectivity index (χ4n) is 1.86. The van der Waals surface area contributed by atoms with Crippen LogP contribution in [0.25, 0.3) is 0 Å². The molecule has 1 rings (SSSR count). The predicted octanol–water partition coefficient (Wildman–Crippen LogP) is 0.559. The first kappa shape index (κ1) is 14.7. The minimum Gasteiger partial charge on any atom is -0.478 e. The molecule has 0 aromatic heterocycles. The van der Waals surface area contributed by atoms with E-state index in [0.29, 0.717) is 11.1 Å². The third kappa shape index (κ3) is 3.09. The monoisotopic (exact) mass is 264 g/mol. The summed E-state index contributed by atoms with van der Waals surface area (Å²) in [5, 5.41) is 9.22. The lowest BCUT2D eigenvalue weighted by molar-refractivity contribution is -0.118. The number of benzene rings is 1. The maximum absolute atomic E-state index is 12.2. The van der Waals surface area contributed by atoms with Gasteiger partial charge in [-0.2, -0.15) is 0 Å². The second kappa shape index (κ2) is 5.51. The van der Waals surface area contributed by atoms with Crippen LogP contribution in [0.2, 0.25) is 0 Å². The van der Waals surface area contributed by atoms with Gasteiger partial charge < -0.3 is 15.7 Å². The molecule has 0 saturated carbocycles. The van der Waals surface area contributed by atoms with Crippen molar-refractivity contribution in [3.8, 4) is 0 Å². The minimum absolute atomic E-state index is 0.0404. The zero-order chi connectivity index (χ0) is 14.7. The predicted molar refractivity (Wildman–Crippen MR) is 69.0 cm³/mol. The number of hydrogen-bond acceptors (Lipinski definition) is 3. The molecule has 0 heterocycles. The van der Waals surface area contributed by atoms with Crippen molar-refractivity contribution in [2.45, 2.75) is 13.8 Å². The molecule has 0 aliphatic carbocycles. The van der Waals surface area contributed by atoms with E-state index in [-0.39, 0.29) is 17.7 Å². The average Bonchev–Trinajstić information content (AvgIpc) is 2.29. The number of primary amides is 1. The Labute approximate surface area is 110 Å². The van der Waals surface area contributed by atoms with Crippen LogP contribution < -0.4 is 5.73 Å². The first-order chi connectivity index (χ1) is 8.75. The molecule has 0 aliphatic rings. The molecule has 0 bridgehead atoms. The first-order valence-corrected chi connectivity index (χ1v) is 5.63. The van der Waals surface area contributed by atoms with Gasteiger partial charge in [0.1, 0.15) is 0 Å². The summed E-state index contributed by atoms with van der Waals surface area (Å²) in [5.41, 5.74) is 6.12. The lowest BCUT2D eigenvalue weighted by atomic mass is 9.96. The summed E-state index contributed by atoms with van der Waals surface area (Å²) in [6, 6.07) is 3.32. The van der Waals surface area contributed by atoms with Crippen LogP contribution in [-0.4, -0.2) is 41.4 Å². The molecule has 0 atom stereocenters. The zero-order valence-corrected chi connectivity index (χ0v) is 11.1. The second-order valence-electron chi connectivity index (χ2n) is 4.38. The standard InChI is InChI=1S/C13H16N2O4/c1-7-4-5-8(2)11(13(18)19)10(7)12(17)15(3)6-9(14)16/h4-5H,6H2,1-3H3,(H2,14,16)(H,18,19). The van der Waals surface area contributed by atoms with Crippen LogP contribution in [0.3, 0.4) is 0 Å². The minimum atomic E-state index is -1.17. The number of amides is 2. The van der Waals surface area contributed by atoms with Crippen molar-refractivity contribution in [3.63, 3.8) is 0 Å². The van der Waals surface area contributed by atoms with Crippen molar-refractivity contribution in [2.24, 2.45) is 5.73 Å². The van der Waals surface area contributed by atoms with E-state index < -0.39 is 17.8 Å². The molecule has 0 saturated heterocycles. The lowest BCUT2D eigenvalue weighted by Gasteiger charge is -2.19. The van der Waals surface area contributed by atoms with Crippen LogP contribution in [0, 0.1) is 13.8 Å². The number of nitrogens with two attached hydrogens (primary N) is 1. The van der Waals surface area contributed by atoms with Gasteiger partial charge in [0.05, 0.1) is 17.7 Å². The van der Waals surface area contributed by atoms with Crippen molar-refractivity contribution < 1.29 is 19.5 Å². The molecular formula is C13H16N2O4. The molecule has 6 heteroatoms. The third-order valence-corrected chi connectivity index (χ3v) is 2.79. The van der Waals surface area contributed by atoms with E-state index in [1.54, 1.807) is 26.0 Å². The molecule has 0 fully saturated rings. The van der Waals surface area contributed by atoms with Gasteiger partial charge in [0, 0.05) is 7.05 Å². The van der Waals surface area contributed by atoms with Gasteiger partial charge in [0.25, 0.3) is 5.91 Å². The number of rotatable bonds is 4. The number of carbonyl (C=O) groups is 3. The highest BCUT2D eigenvalue weighted by molar-refractivity contribution is 6.07. The van der Waals surface area contributed by atoms with Gasteiger partial charge in [0.2, 0.25) is 5.91 Å². The van der Waals surface area contributed by atoms with E-state index in [1.807, 2.05) is 0 Å². The van der Waals surface area contributed by atoms with Gasteiger partial charge >= 0.3 is 5.97 Å². The highest BCUT2D eigenvalue weighted by Gasteiger charge is 2.24. The molecular weight excluding hydrogens is 248 g/mol. The number of carboxylic acids is 1. The molecule has 19 heavy (non-hydrogen) atoms. The molecule has 102 valence electrons. The van der Waals surface area contributed by atoms with Gasteiger partial charge in [0.15, 0.2) is 0 Å². The fraction of sp³-hybridized carbons (Fsp3) is 0.308. The van der Waals surface area contributed by atoms with Crippen molar-refractivity contribution in [1.29, 1.82) is 0 Å². The second-order valence-corrected chi connectivity index (χ2v) is 4.38. The molecule has 2 amide bonds. The van der Waals surface area contributed by atoms with Crippen molar-refractivity contribution in [2.75, 3.05) is 13.6 Å². The van der Waals surface area contributed by atoms with Gasteiger partial charge in [-0.1, -0.05) is 12.1 Å². The van der Waals surface area contributed by atoms with Gasteiger partial charge in [-0.3, -0.25) is 9.59 Å². The Kier molecular flexibility index (Phi) is 4.26. The molecule has 0 aliphatic heterocycles. The number of aryl methyl sites for hydroxylation is 2. The van der Waals surface area contributed by atoms with E-state index in [4.69, 9.17) is 5.73 Å². The Morgan fingerprint density at radius 1 is 1.16 bits per heavy atom. The topological polar surface area (TPSA) is 101 Å². The van der Waals surface area contributed by atoms with E-state index in [9.17, 15) is 19.5 Å². The Bertz CT molecular complexity index is 552. The normalized spacial score (nSPS) is 10.1. The summed E-state index contributed by atoms with van der Waals surface area (Å²) in [7, 11) is 1.40. The van der Waals surface area contributed by atoms with E-state index in [1.165, 1.54) is 7.05 Å². The maximum Gasteiger partial charge on any atom is 0.336 e. The number of carbonyl (C=O) groups excluding carboxylic acids is 2. The number of hydrogen-bond donors (Lipinski definition) is 2. The largest absolute Gasteiger partial charge is 0.478 e. The highest BCUT2D eigenvalue weighted by Crippen LogP contribution is 2.20. The first-order valence-electron chi connectivity index (χ1n) is 5.63. The number of carboxylic acid groups (broad SMARTS) is 1. The SMILES string of the molecule is Cc1ccc(C)c(C(=O)N(C)CC(N)=O)c1C(=O)O. The Balaban J connectivity index is 3.33. The van der Waals surface area contributed by atoms with Crippen molar-refractivity contribution >= 4 is 17.8 Å². The number of likely N-dealkylation sites (N-methyl/N-ethyl adjacent to an activating group) is 1. The Morgan fingerprint density at radius 2 is 1.63 bits per heavy atom. The molecule has 1 aromatic rings. The van der Waals surface area contributed by atoms with Crippen LogP contribution in [0.1, 0.15) is 31.8 Å². The highest BCUT2D eigenvalue weighted by atomic mass is 16.4. The lowest BCUT2D eigenvalue weighted by Crippen LogP contribution is -2.36. The average molecular weight is 264 g/mol. The smallest absolute Gasteiger partial charge is 0.336 e. The number of aromatic carboxylic acids is 1. The molecule has 0 spiro atoms. The summed E-state index contributed by atoms with van der Waals surface area (Å²) in [6.07, 6.45) is 0. The summed E-state index contributed by atoms with van der Waals surface area (Å²) in [6.45, 7) is 3.01. The fourth-order valence-corrected chi connectivity index (χ4v) is 1.86. The van der Waals surface area contributed by atoms with Gasteiger partial charge in [-0.15, -0.1) is 0 Å². The molecule has 3 N–H and O–H groups in total. The quantitative estimate of drug-likeness (QED) is 0.829. The summed E-state index contributed by atoms with van der Waals surface area (Å²) in [5.74, 6) is -2.35. The molecule has 1 aromatic carbocycles. The van der Waals surface area contributed by atoms with Crippen LogP contribution in [0.4, 0.5) is 0 Å². The summed E-state index contributed by atoms with van der Waals surface area (Å²) >= 11 is 0. The van der Waals surface area contributed by atoms with Gasteiger partial charge in [-0.25, -0.2) is 4.79 Å². The third-order valence-electron chi connectivity index (χ3n) is 2.79. The Hall–Kier alpha value is -2.37. The van der Waals surface area contributed by atoms with E-state index in [2.05, 4.69) is 0 Å². The van der Waals surface area contributed by atoms with Crippen LogP contribution in [-0.2, 0) is 4.79 Å². The Morgan fingerprint density at radius 3 is 2.05 bits per heavy atom. The van der Waals surface area contributed by atoms with Crippen molar-refractivity contribution in [1.82, 2.24) is 4.90 Å². The molecule has 0 radical (unpaired) electrons. The van der Waals surface area contributed by atoms with Crippen LogP contribution in [0.15, 0.2) is 12.1 Å². The van der Waals surface area contributed by atoms with Crippen LogP contribution in [0.5, 0.6) is 0 Å². The molecule has 0 unspecified atom stereocenters. The van der Waals surface area contributed by atoms with Crippen molar-refractivity contribution in [3.05, 3.63) is 34.4 Å². The van der Waals surface area contributed by atoms with E-state index >= 15 is 0 Å². The number of nitrogens with zero attached hydrogens (tertiary/aromatic N) is 1. The summed E-state index contributed by atoms with van der Waals surface area (Å²) < 4.78 is 0. The van der Waals surface area contributed by atoms with Crippen LogP contribution >= 0.6 is 0 Å². The maximum atomic E-state index is 12.2.